The zero-order valence-corrected chi connectivity index (χ0v) is 22.3. The molecule has 5 nitrogen and oxygen atoms in total. The third-order valence-electron chi connectivity index (χ3n) is 8.80. The van der Waals surface area contributed by atoms with Crippen molar-refractivity contribution < 1.29 is 14.0 Å². The SMILES string of the molecule is O[C@](c1ccccc1)(c1nnc(C[N+]23CCC(CC2)[C@@H](Sc2cccc(Cl)c2)C3)o1)C1CCCCC1. The Kier molecular flexibility index (Phi) is 6.89. The van der Waals surface area contributed by atoms with Crippen LogP contribution in [-0.4, -0.2) is 44.7 Å². The first-order chi connectivity index (χ1) is 17.5. The van der Waals surface area contributed by atoms with Gasteiger partial charge in [0.25, 0.3) is 11.8 Å². The molecule has 3 aromatic rings. The van der Waals surface area contributed by atoms with Crippen molar-refractivity contribution in [2.45, 2.75) is 67.2 Å². The molecule has 0 unspecified atom stereocenters. The van der Waals surface area contributed by atoms with Crippen LogP contribution < -0.4 is 0 Å². The van der Waals surface area contributed by atoms with Crippen LogP contribution in [0.25, 0.3) is 0 Å². The number of hydrogen-bond donors (Lipinski definition) is 1. The zero-order valence-electron chi connectivity index (χ0n) is 20.7. The van der Waals surface area contributed by atoms with Crippen molar-refractivity contribution in [3.05, 3.63) is 77.0 Å². The van der Waals surface area contributed by atoms with E-state index in [2.05, 4.69) is 22.3 Å². The van der Waals surface area contributed by atoms with Crippen molar-refractivity contribution in [3.63, 3.8) is 0 Å². The van der Waals surface area contributed by atoms with Crippen LogP contribution >= 0.6 is 23.4 Å². The minimum atomic E-state index is -1.23. The Hall–Kier alpha value is -1.86. The molecule has 4 fully saturated rings. The Morgan fingerprint density at radius 1 is 0.972 bits per heavy atom. The lowest BCUT2D eigenvalue weighted by atomic mass is 9.73. The van der Waals surface area contributed by atoms with Crippen molar-refractivity contribution >= 4 is 23.4 Å². The van der Waals surface area contributed by atoms with Crippen molar-refractivity contribution in [2.75, 3.05) is 19.6 Å². The van der Waals surface area contributed by atoms with Gasteiger partial charge in [-0.3, -0.25) is 0 Å². The van der Waals surface area contributed by atoms with Crippen molar-refractivity contribution in [2.24, 2.45) is 11.8 Å². The fourth-order valence-electron chi connectivity index (χ4n) is 6.80. The van der Waals surface area contributed by atoms with Gasteiger partial charge in [-0.1, -0.05) is 67.3 Å². The van der Waals surface area contributed by atoms with Gasteiger partial charge >= 0.3 is 0 Å². The molecular weight excluding hydrogens is 490 g/mol. The van der Waals surface area contributed by atoms with Crippen LogP contribution in [0.1, 0.15) is 62.3 Å². The van der Waals surface area contributed by atoms with Crippen molar-refractivity contribution in [1.82, 2.24) is 10.2 Å². The first-order valence-electron chi connectivity index (χ1n) is 13.4. The number of benzene rings is 2. The molecule has 2 atom stereocenters. The van der Waals surface area contributed by atoms with E-state index < -0.39 is 5.60 Å². The highest BCUT2D eigenvalue weighted by Gasteiger charge is 2.48. The number of quaternary nitrogens is 1. The molecule has 1 aromatic heterocycles. The number of rotatable bonds is 7. The van der Waals surface area contributed by atoms with Crippen molar-refractivity contribution in [1.29, 1.82) is 0 Å². The summed E-state index contributed by atoms with van der Waals surface area (Å²) in [7, 11) is 0. The fourth-order valence-corrected chi connectivity index (χ4v) is 8.61. The summed E-state index contributed by atoms with van der Waals surface area (Å²) in [6, 6.07) is 18.2. The number of aliphatic hydroxyl groups is 1. The molecule has 1 saturated carbocycles. The molecule has 0 amide bonds. The molecule has 7 heteroatoms. The average molecular weight is 525 g/mol. The van der Waals surface area contributed by atoms with Crippen LogP contribution in [0.5, 0.6) is 0 Å². The zero-order chi connectivity index (χ0) is 24.6. The highest BCUT2D eigenvalue weighted by molar-refractivity contribution is 8.00. The number of nitrogens with zero attached hydrogens (tertiary/aromatic N) is 3. The lowest BCUT2D eigenvalue weighted by Gasteiger charge is -2.51. The highest BCUT2D eigenvalue weighted by atomic mass is 35.5. The molecule has 4 aliphatic rings. The number of piperidine rings is 3. The van der Waals surface area contributed by atoms with E-state index in [4.69, 9.17) is 16.0 Å². The Morgan fingerprint density at radius 3 is 2.50 bits per heavy atom. The maximum Gasteiger partial charge on any atom is 0.271 e. The maximum absolute atomic E-state index is 12.1. The van der Waals surface area contributed by atoms with E-state index in [0.29, 0.717) is 17.0 Å². The molecule has 2 bridgehead atoms. The first kappa shape index (κ1) is 24.5. The number of fused-ring (bicyclic) bond motifs is 3. The van der Waals surface area contributed by atoms with Gasteiger partial charge in [0, 0.05) is 28.7 Å². The summed E-state index contributed by atoms with van der Waals surface area (Å²) in [6.07, 6.45) is 7.91. The number of halogens is 1. The number of aromatic nitrogens is 2. The molecule has 0 spiro atoms. The van der Waals surface area contributed by atoms with Gasteiger partial charge < -0.3 is 14.0 Å². The second-order valence-corrected chi connectivity index (χ2v) is 12.8. The van der Waals surface area contributed by atoms with Crippen LogP contribution in [0.2, 0.25) is 5.02 Å². The summed E-state index contributed by atoms with van der Waals surface area (Å²) in [5, 5.41) is 22.5. The summed E-state index contributed by atoms with van der Waals surface area (Å²) >= 11 is 8.22. The number of thioether (sulfide) groups is 1. The van der Waals surface area contributed by atoms with Gasteiger partial charge in [-0.25, -0.2) is 0 Å². The molecule has 0 radical (unpaired) electrons. The minimum Gasteiger partial charge on any atom is -0.416 e. The molecule has 1 N–H and O–H groups in total. The summed E-state index contributed by atoms with van der Waals surface area (Å²) < 4.78 is 7.35. The Balaban J connectivity index is 1.23. The predicted molar refractivity (Wildman–Crippen MR) is 143 cm³/mol. The second-order valence-electron chi connectivity index (χ2n) is 11.0. The molecule has 2 aromatic carbocycles. The van der Waals surface area contributed by atoms with Gasteiger partial charge in [0.15, 0.2) is 12.1 Å². The molecule has 7 rings (SSSR count). The van der Waals surface area contributed by atoms with Gasteiger partial charge in [0.2, 0.25) is 0 Å². The van der Waals surface area contributed by atoms with Gasteiger partial charge in [-0.15, -0.1) is 22.0 Å². The van der Waals surface area contributed by atoms with Gasteiger partial charge in [0.05, 0.1) is 24.9 Å². The maximum atomic E-state index is 12.1. The predicted octanol–water partition coefficient (Wildman–Crippen LogP) is 6.44. The minimum absolute atomic E-state index is 0.0956. The summed E-state index contributed by atoms with van der Waals surface area (Å²) in [5.74, 6) is 1.87. The van der Waals surface area contributed by atoms with Crippen molar-refractivity contribution in [3.8, 4) is 0 Å². The highest BCUT2D eigenvalue weighted by Crippen LogP contribution is 2.45. The lowest BCUT2D eigenvalue weighted by Crippen LogP contribution is -2.62. The van der Waals surface area contributed by atoms with Crippen LogP contribution in [0.15, 0.2) is 63.9 Å². The summed E-state index contributed by atoms with van der Waals surface area (Å²) in [4.78, 5) is 1.25. The third kappa shape index (κ3) is 4.73. The van der Waals surface area contributed by atoms with Gasteiger partial charge in [0.1, 0.15) is 0 Å². The van der Waals surface area contributed by atoms with E-state index in [0.717, 1.165) is 72.8 Å². The van der Waals surface area contributed by atoms with E-state index in [9.17, 15) is 5.11 Å². The second kappa shape index (κ2) is 10.1. The van der Waals surface area contributed by atoms with Gasteiger partial charge in [-0.05, 0) is 42.5 Å². The quantitative estimate of drug-likeness (QED) is 0.360. The molecule has 3 saturated heterocycles. The van der Waals surface area contributed by atoms with E-state index in [1.165, 1.54) is 24.2 Å². The van der Waals surface area contributed by atoms with E-state index >= 15 is 0 Å². The number of hydrogen-bond acceptors (Lipinski definition) is 5. The standard InChI is InChI=1S/C29H35ClN3O2S/c30-24-12-7-13-25(18-24)36-26-19-33(16-14-21(26)15-17-33)20-27-31-32-28(35-27)29(34,22-8-3-1-4-9-22)23-10-5-2-6-11-23/h1,3-4,7-9,12-13,18,21,23,26,34H,2,5-6,10-11,14-17,19-20H2/q+1/t21?,26-,29-,33?/m0/s1. The average Bonchev–Trinajstić information content (AvgIpc) is 3.38. The Labute approximate surface area is 222 Å². The molecule has 1 aliphatic carbocycles. The van der Waals surface area contributed by atoms with E-state index in [1.807, 2.05) is 54.2 Å². The largest absolute Gasteiger partial charge is 0.416 e. The van der Waals surface area contributed by atoms with E-state index in [-0.39, 0.29) is 5.92 Å². The summed E-state index contributed by atoms with van der Waals surface area (Å²) in [6.45, 7) is 4.15. The molecular formula is C29H35ClN3O2S+. The Morgan fingerprint density at radius 2 is 1.75 bits per heavy atom. The topological polar surface area (TPSA) is 59.2 Å². The van der Waals surface area contributed by atoms with Crippen LogP contribution in [0.4, 0.5) is 0 Å². The van der Waals surface area contributed by atoms with Gasteiger partial charge in [-0.2, -0.15) is 0 Å². The molecule has 36 heavy (non-hydrogen) atoms. The third-order valence-corrected chi connectivity index (χ3v) is 10.4. The molecule has 190 valence electrons. The smallest absolute Gasteiger partial charge is 0.271 e. The van der Waals surface area contributed by atoms with Crippen LogP contribution in [0, 0.1) is 11.8 Å². The molecule has 3 aliphatic heterocycles. The Bertz CT molecular complexity index is 1170. The van der Waals surface area contributed by atoms with E-state index in [1.54, 1.807) is 0 Å². The summed E-state index contributed by atoms with van der Waals surface area (Å²) in [5.41, 5.74) is -0.372. The molecule has 4 heterocycles. The fraction of sp³-hybridized carbons (Fsp3) is 0.517. The first-order valence-corrected chi connectivity index (χ1v) is 14.7. The van der Waals surface area contributed by atoms with Crippen LogP contribution in [-0.2, 0) is 12.1 Å². The lowest BCUT2D eigenvalue weighted by molar-refractivity contribution is -0.955. The monoisotopic (exact) mass is 524 g/mol. The van der Waals surface area contributed by atoms with Crippen LogP contribution in [0.3, 0.4) is 0 Å². The normalized spacial score (nSPS) is 28.2.